The topological polar surface area (TPSA) is 95.9 Å². The molecule has 0 aromatic heterocycles. The average Bonchev–Trinajstić information content (AvgIpc) is 3.29. The number of amides is 2. The third-order valence-electron chi connectivity index (χ3n) is 7.36. The lowest BCUT2D eigenvalue weighted by Crippen LogP contribution is -2.67. The van der Waals surface area contributed by atoms with Gasteiger partial charge in [-0.2, -0.15) is 0 Å². The molecule has 1 unspecified atom stereocenters. The Hall–Kier alpha value is -2.57. The van der Waals surface area contributed by atoms with Crippen LogP contribution in [0.15, 0.2) is 30.3 Å². The van der Waals surface area contributed by atoms with E-state index in [1.807, 2.05) is 71.9 Å². The number of nitrogens with zero attached hydrogens (tertiary/aromatic N) is 1. The van der Waals surface area contributed by atoms with Crippen LogP contribution in [0.3, 0.4) is 0 Å². The molecular weight excluding hydrogens is 420 g/mol. The van der Waals surface area contributed by atoms with Crippen molar-refractivity contribution in [3.05, 3.63) is 35.9 Å². The van der Waals surface area contributed by atoms with Crippen LogP contribution in [0.5, 0.6) is 0 Å². The van der Waals surface area contributed by atoms with Gasteiger partial charge in [-0.05, 0) is 41.1 Å². The van der Waals surface area contributed by atoms with E-state index in [4.69, 9.17) is 4.74 Å². The van der Waals surface area contributed by atoms with E-state index in [9.17, 15) is 19.5 Å². The van der Waals surface area contributed by atoms with Crippen molar-refractivity contribution < 1.29 is 24.2 Å². The van der Waals surface area contributed by atoms with Gasteiger partial charge in [0.15, 0.2) is 0 Å². The average molecular weight is 459 g/mol. The van der Waals surface area contributed by atoms with Crippen molar-refractivity contribution in [3.63, 3.8) is 0 Å². The fourth-order valence-corrected chi connectivity index (χ4v) is 5.89. The smallest absolute Gasteiger partial charge is 0.408 e. The highest BCUT2D eigenvalue weighted by Crippen LogP contribution is 2.56. The Kier molecular flexibility index (Phi) is 6.83. The molecule has 1 aromatic carbocycles. The normalized spacial score (nSPS) is 25.9. The Labute approximate surface area is 196 Å². The molecule has 3 rings (SSSR count). The lowest BCUT2D eigenvalue weighted by atomic mass is 9.65. The molecule has 2 fully saturated rings. The molecule has 1 aromatic rings. The molecular formula is C26H38N2O5. The number of hydrogen-bond donors (Lipinski definition) is 2. The number of carboxylic acid groups (broad SMARTS) is 1. The van der Waals surface area contributed by atoms with E-state index in [0.717, 1.165) is 24.8 Å². The molecule has 0 bridgehead atoms. The van der Waals surface area contributed by atoms with Gasteiger partial charge in [-0.15, -0.1) is 0 Å². The zero-order valence-corrected chi connectivity index (χ0v) is 20.7. The first-order valence-electron chi connectivity index (χ1n) is 11.8. The van der Waals surface area contributed by atoms with Gasteiger partial charge in [-0.3, -0.25) is 4.79 Å². The molecule has 0 radical (unpaired) electrons. The molecule has 7 heteroatoms. The highest BCUT2D eigenvalue weighted by molar-refractivity contribution is 5.93. The van der Waals surface area contributed by atoms with Crippen molar-refractivity contribution in [1.82, 2.24) is 10.2 Å². The van der Waals surface area contributed by atoms with Gasteiger partial charge < -0.3 is 20.1 Å². The zero-order chi connectivity index (χ0) is 24.6. The monoisotopic (exact) mass is 458 g/mol. The number of ether oxygens (including phenoxy) is 1. The maximum absolute atomic E-state index is 14.0. The number of likely N-dealkylation sites (tertiary alicyclic amines) is 1. The van der Waals surface area contributed by atoms with Crippen molar-refractivity contribution in [3.8, 4) is 0 Å². The van der Waals surface area contributed by atoms with Crippen molar-refractivity contribution in [2.24, 2.45) is 22.7 Å². The van der Waals surface area contributed by atoms with Gasteiger partial charge >= 0.3 is 12.1 Å². The van der Waals surface area contributed by atoms with Crippen molar-refractivity contribution >= 4 is 18.0 Å². The second-order valence-corrected chi connectivity index (χ2v) is 11.6. The lowest BCUT2D eigenvalue weighted by molar-refractivity contribution is -0.170. The Balaban J connectivity index is 1.87. The minimum absolute atomic E-state index is 0.0899. The predicted molar refractivity (Wildman–Crippen MR) is 125 cm³/mol. The Bertz CT molecular complexity index is 886. The first kappa shape index (κ1) is 25.1. The standard InChI is InChI=1S/C26H38N2O5/c1-24(2,3)20(27-23(32)33-16-17-11-8-7-9-12-17)21(29)28-15-18-13-10-14-19(18)26(28,22(30)31)25(4,5)6/h7-9,11-12,18-20H,10,13-16H2,1-6H3,(H,27,32)(H,30,31)/t18-,19-,20?,26+/m0/s1. The molecule has 1 saturated heterocycles. The summed E-state index contributed by atoms with van der Waals surface area (Å²) in [6.07, 6.45) is 2.01. The Morgan fingerprint density at radius 3 is 2.30 bits per heavy atom. The fraction of sp³-hybridized carbons (Fsp3) is 0.654. The van der Waals surface area contributed by atoms with Crippen molar-refractivity contribution in [1.29, 1.82) is 0 Å². The highest BCUT2D eigenvalue weighted by Gasteiger charge is 2.67. The molecule has 2 amide bonds. The largest absolute Gasteiger partial charge is 0.479 e. The third kappa shape index (κ3) is 4.59. The molecule has 1 heterocycles. The molecule has 7 nitrogen and oxygen atoms in total. The third-order valence-corrected chi connectivity index (χ3v) is 7.36. The van der Waals surface area contributed by atoms with Gasteiger partial charge in [0.2, 0.25) is 5.91 Å². The number of rotatable bonds is 5. The van der Waals surface area contributed by atoms with Gasteiger partial charge in [0.25, 0.3) is 0 Å². The number of carbonyl (C=O) groups excluding carboxylic acids is 2. The molecule has 33 heavy (non-hydrogen) atoms. The fourth-order valence-electron chi connectivity index (χ4n) is 5.89. The molecule has 1 saturated carbocycles. The lowest BCUT2D eigenvalue weighted by Gasteiger charge is -2.49. The maximum Gasteiger partial charge on any atom is 0.408 e. The summed E-state index contributed by atoms with van der Waals surface area (Å²) in [5.41, 5.74) is -1.78. The number of aliphatic carboxylic acids is 1. The van der Waals surface area contributed by atoms with Gasteiger partial charge in [0.1, 0.15) is 18.2 Å². The van der Waals surface area contributed by atoms with Crippen LogP contribution in [0.2, 0.25) is 0 Å². The van der Waals surface area contributed by atoms with Crippen LogP contribution in [-0.2, 0) is 20.9 Å². The van der Waals surface area contributed by atoms with Gasteiger partial charge in [-0.25, -0.2) is 9.59 Å². The van der Waals surface area contributed by atoms with E-state index in [2.05, 4.69) is 5.32 Å². The van der Waals surface area contributed by atoms with Crippen LogP contribution in [0, 0.1) is 22.7 Å². The predicted octanol–water partition coefficient (Wildman–Crippen LogP) is 4.46. The first-order chi connectivity index (χ1) is 15.3. The van der Waals surface area contributed by atoms with E-state index in [1.165, 1.54) is 0 Å². The first-order valence-corrected chi connectivity index (χ1v) is 11.8. The molecule has 182 valence electrons. The summed E-state index contributed by atoms with van der Waals surface area (Å²) in [5, 5.41) is 13.3. The quantitative estimate of drug-likeness (QED) is 0.679. The molecule has 4 atom stereocenters. The summed E-state index contributed by atoms with van der Waals surface area (Å²) < 4.78 is 5.37. The van der Waals surface area contributed by atoms with Crippen LogP contribution < -0.4 is 5.32 Å². The molecule has 0 spiro atoms. The van der Waals surface area contributed by atoms with E-state index in [-0.39, 0.29) is 24.3 Å². The minimum Gasteiger partial charge on any atom is -0.479 e. The van der Waals surface area contributed by atoms with E-state index in [0.29, 0.717) is 6.54 Å². The Morgan fingerprint density at radius 2 is 1.76 bits per heavy atom. The summed E-state index contributed by atoms with van der Waals surface area (Å²) in [6.45, 7) is 11.8. The highest BCUT2D eigenvalue weighted by atomic mass is 16.5. The van der Waals surface area contributed by atoms with E-state index >= 15 is 0 Å². The van der Waals surface area contributed by atoms with Gasteiger partial charge in [0.05, 0.1) is 0 Å². The van der Waals surface area contributed by atoms with Crippen LogP contribution >= 0.6 is 0 Å². The number of carboxylic acids is 1. The van der Waals surface area contributed by atoms with Gasteiger partial charge in [-0.1, -0.05) is 78.3 Å². The molecule has 2 N–H and O–H groups in total. The number of hydrogen-bond acceptors (Lipinski definition) is 4. The minimum atomic E-state index is -1.32. The van der Waals surface area contributed by atoms with Crippen LogP contribution in [0.25, 0.3) is 0 Å². The summed E-state index contributed by atoms with van der Waals surface area (Å²) >= 11 is 0. The number of carbonyl (C=O) groups is 3. The second-order valence-electron chi connectivity index (χ2n) is 11.6. The van der Waals surface area contributed by atoms with Crippen molar-refractivity contribution in [2.45, 2.75) is 79.0 Å². The SMILES string of the molecule is CC(C)(C)C(NC(=O)OCc1ccccc1)C(=O)N1C[C@@H]2CCC[C@@H]2[C@@]1(C(=O)O)C(C)(C)C. The Morgan fingerprint density at radius 1 is 1.12 bits per heavy atom. The van der Waals surface area contributed by atoms with Gasteiger partial charge in [0, 0.05) is 6.54 Å². The number of benzene rings is 1. The van der Waals surface area contributed by atoms with Crippen molar-refractivity contribution in [2.75, 3.05) is 6.54 Å². The molecule has 2 aliphatic rings. The van der Waals surface area contributed by atoms with Crippen LogP contribution in [-0.4, -0.2) is 46.1 Å². The second kappa shape index (κ2) is 8.99. The van der Waals surface area contributed by atoms with E-state index in [1.54, 1.807) is 4.90 Å². The number of fused-ring (bicyclic) bond motifs is 1. The summed E-state index contributed by atoms with van der Waals surface area (Å²) in [5.74, 6) is -1.25. The summed E-state index contributed by atoms with van der Waals surface area (Å²) in [6, 6.07) is 8.40. The number of alkyl carbamates (subject to hydrolysis) is 1. The zero-order valence-electron chi connectivity index (χ0n) is 20.7. The maximum atomic E-state index is 14.0. The molecule has 1 aliphatic heterocycles. The number of nitrogens with one attached hydrogen (secondary N) is 1. The van der Waals surface area contributed by atoms with Crippen LogP contribution in [0.4, 0.5) is 4.79 Å². The van der Waals surface area contributed by atoms with Crippen LogP contribution in [0.1, 0.15) is 66.4 Å². The van der Waals surface area contributed by atoms with E-state index < -0.39 is 34.5 Å². The summed E-state index contributed by atoms with van der Waals surface area (Å²) in [7, 11) is 0. The molecule has 1 aliphatic carbocycles. The summed E-state index contributed by atoms with van der Waals surface area (Å²) in [4.78, 5) is 41.1.